The highest BCUT2D eigenvalue weighted by Gasteiger charge is 2.58. The highest BCUT2D eigenvalue weighted by atomic mass is 35.6. The Labute approximate surface area is 178 Å². The number of rotatable bonds is 3. The van der Waals surface area contributed by atoms with Gasteiger partial charge in [-0.05, 0) is 30.7 Å². The number of hydrogen-bond donors (Lipinski definition) is 1. The first kappa shape index (κ1) is 21.5. The SMILES string of the molecule is COC(=O)[C@@H]1C[C@H]2CC[C@@](O)(C(Cl)(Cl)Cl)C[C@H]2N1C(=O)OCc1ccccc1. The average molecular weight is 451 g/mol. The summed E-state index contributed by atoms with van der Waals surface area (Å²) in [7, 11) is 1.27. The van der Waals surface area contributed by atoms with Gasteiger partial charge in [0.2, 0.25) is 3.79 Å². The molecule has 2 aliphatic rings. The molecule has 3 rings (SSSR count). The minimum Gasteiger partial charge on any atom is -0.467 e. The first-order valence-electron chi connectivity index (χ1n) is 9.02. The molecule has 28 heavy (non-hydrogen) atoms. The molecule has 1 amide bonds. The summed E-state index contributed by atoms with van der Waals surface area (Å²) in [5, 5.41) is 10.9. The Morgan fingerprint density at radius 1 is 1.29 bits per heavy atom. The highest BCUT2D eigenvalue weighted by Crippen LogP contribution is 2.52. The number of methoxy groups -OCH3 is 1. The van der Waals surface area contributed by atoms with Crippen molar-refractivity contribution >= 4 is 46.9 Å². The molecule has 1 saturated carbocycles. The normalized spacial score (nSPS) is 29.9. The van der Waals surface area contributed by atoms with Crippen molar-refractivity contribution in [1.29, 1.82) is 0 Å². The zero-order valence-corrected chi connectivity index (χ0v) is 17.6. The molecule has 4 atom stereocenters. The molecular weight excluding hydrogens is 429 g/mol. The number of likely N-dealkylation sites (tertiary alicyclic amines) is 1. The molecule has 1 N–H and O–H groups in total. The summed E-state index contributed by atoms with van der Waals surface area (Å²) in [5.41, 5.74) is -0.774. The van der Waals surface area contributed by atoms with E-state index in [1.165, 1.54) is 12.0 Å². The van der Waals surface area contributed by atoms with Gasteiger partial charge in [0.25, 0.3) is 0 Å². The molecule has 1 aromatic carbocycles. The van der Waals surface area contributed by atoms with Crippen molar-refractivity contribution in [1.82, 2.24) is 4.90 Å². The molecule has 1 aromatic rings. The van der Waals surface area contributed by atoms with Crippen LogP contribution in [0.3, 0.4) is 0 Å². The third kappa shape index (κ3) is 4.20. The number of carbonyl (C=O) groups excluding carboxylic acids is 2. The topological polar surface area (TPSA) is 76.1 Å². The molecular formula is C19H22Cl3NO5. The largest absolute Gasteiger partial charge is 0.467 e. The van der Waals surface area contributed by atoms with Crippen LogP contribution in [-0.4, -0.2) is 50.7 Å². The third-order valence-electron chi connectivity index (χ3n) is 5.66. The van der Waals surface area contributed by atoms with Crippen molar-refractivity contribution in [2.45, 2.75) is 53.8 Å². The molecule has 6 nitrogen and oxygen atoms in total. The van der Waals surface area contributed by atoms with Crippen LogP contribution in [0.1, 0.15) is 31.2 Å². The maximum absolute atomic E-state index is 12.9. The van der Waals surface area contributed by atoms with E-state index < -0.39 is 33.5 Å². The van der Waals surface area contributed by atoms with Crippen LogP contribution in [0.4, 0.5) is 4.79 Å². The van der Waals surface area contributed by atoms with Crippen LogP contribution >= 0.6 is 34.8 Å². The summed E-state index contributed by atoms with van der Waals surface area (Å²) in [4.78, 5) is 26.5. The fourth-order valence-corrected chi connectivity index (χ4v) is 4.64. The standard InChI is InChI=1S/C19H22Cl3NO5/c1-27-16(24)14-9-13-7-8-18(26,19(20,21)22)10-15(13)23(14)17(25)28-11-12-5-3-2-4-6-12/h2-6,13-15,26H,7-11H2,1H3/t13-,14+,15-,18+/m1/s1. The summed E-state index contributed by atoms with van der Waals surface area (Å²) >= 11 is 18.0. The average Bonchev–Trinajstić information content (AvgIpc) is 3.04. The maximum atomic E-state index is 12.9. The van der Waals surface area contributed by atoms with Gasteiger partial charge in [0.15, 0.2) is 0 Å². The molecule has 9 heteroatoms. The Morgan fingerprint density at radius 3 is 2.57 bits per heavy atom. The molecule has 0 radical (unpaired) electrons. The number of hydrogen-bond acceptors (Lipinski definition) is 5. The van der Waals surface area contributed by atoms with Gasteiger partial charge in [-0.3, -0.25) is 4.90 Å². The van der Waals surface area contributed by atoms with Crippen LogP contribution in [0.2, 0.25) is 0 Å². The van der Waals surface area contributed by atoms with E-state index in [4.69, 9.17) is 44.3 Å². The van der Waals surface area contributed by atoms with Gasteiger partial charge in [-0.25, -0.2) is 9.59 Å². The summed E-state index contributed by atoms with van der Waals surface area (Å²) in [6.07, 6.45) is 0.604. The number of fused-ring (bicyclic) bond motifs is 1. The molecule has 1 saturated heterocycles. The van der Waals surface area contributed by atoms with Gasteiger partial charge < -0.3 is 14.6 Å². The molecule has 0 unspecified atom stereocenters. The van der Waals surface area contributed by atoms with Crippen molar-refractivity contribution in [3.05, 3.63) is 35.9 Å². The van der Waals surface area contributed by atoms with E-state index in [2.05, 4.69) is 0 Å². The lowest BCUT2D eigenvalue weighted by molar-refractivity contribution is -0.146. The number of ether oxygens (including phenoxy) is 2. The number of esters is 1. The number of amides is 1. The predicted molar refractivity (Wildman–Crippen MR) is 105 cm³/mol. The van der Waals surface area contributed by atoms with Gasteiger partial charge in [-0.2, -0.15) is 0 Å². The van der Waals surface area contributed by atoms with Crippen molar-refractivity contribution in [3.8, 4) is 0 Å². The van der Waals surface area contributed by atoms with Crippen LogP contribution in [0, 0.1) is 5.92 Å². The number of benzene rings is 1. The summed E-state index contributed by atoms with van der Waals surface area (Å²) < 4.78 is 8.41. The molecule has 0 bridgehead atoms. The van der Waals surface area contributed by atoms with Crippen molar-refractivity contribution in [3.63, 3.8) is 0 Å². The van der Waals surface area contributed by atoms with E-state index in [9.17, 15) is 14.7 Å². The second-order valence-corrected chi connectivity index (χ2v) is 9.60. The monoisotopic (exact) mass is 449 g/mol. The molecule has 1 aliphatic heterocycles. The molecule has 154 valence electrons. The van der Waals surface area contributed by atoms with Crippen LogP contribution in [0.5, 0.6) is 0 Å². The maximum Gasteiger partial charge on any atom is 0.411 e. The fraction of sp³-hybridized carbons (Fsp3) is 0.579. The van der Waals surface area contributed by atoms with Gasteiger partial charge in [-0.1, -0.05) is 65.1 Å². The first-order valence-corrected chi connectivity index (χ1v) is 10.2. The number of nitrogens with zero attached hydrogens (tertiary/aromatic N) is 1. The van der Waals surface area contributed by atoms with Crippen molar-refractivity contribution in [2.24, 2.45) is 5.92 Å². The van der Waals surface area contributed by atoms with E-state index in [1.807, 2.05) is 30.3 Å². The van der Waals surface area contributed by atoms with E-state index in [1.54, 1.807) is 0 Å². The van der Waals surface area contributed by atoms with E-state index in [0.717, 1.165) is 5.56 Å². The fourth-order valence-electron chi connectivity index (χ4n) is 4.12. The number of alkyl halides is 3. The quantitative estimate of drug-likeness (QED) is 0.559. The predicted octanol–water partition coefficient (Wildman–Crippen LogP) is 3.84. The molecule has 0 aromatic heterocycles. The van der Waals surface area contributed by atoms with Crippen molar-refractivity contribution in [2.75, 3.05) is 7.11 Å². The summed E-state index contributed by atoms with van der Waals surface area (Å²) in [5.74, 6) is -0.538. The Balaban J connectivity index is 1.81. The number of aliphatic hydroxyl groups is 1. The lowest BCUT2D eigenvalue weighted by Crippen LogP contribution is -2.55. The van der Waals surface area contributed by atoms with Crippen LogP contribution in [0.25, 0.3) is 0 Å². The lowest BCUT2D eigenvalue weighted by atomic mass is 9.76. The third-order valence-corrected chi connectivity index (χ3v) is 6.71. The second-order valence-electron chi connectivity index (χ2n) is 7.32. The number of halogens is 3. The molecule has 1 aliphatic carbocycles. The zero-order chi connectivity index (χ0) is 20.5. The Morgan fingerprint density at radius 2 is 1.96 bits per heavy atom. The summed E-state index contributed by atoms with van der Waals surface area (Å²) in [6.45, 7) is 0.0657. The molecule has 1 heterocycles. The van der Waals surface area contributed by atoms with Gasteiger partial charge in [-0.15, -0.1) is 0 Å². The van der Waals surface area contributed by atoms with Crippen LogP contribution in [-0.2, 0) is 20.9 Å². The highest BCUT2D eigenvalue weighted by molar-refractivity contribution is 6.68. The lowest BCUT2D eigenvalue weighted by Gasteiger charge is -2.44. The minimum absolute atomic E-state index is 0.0130. The van der Waals surface area contributed by atoms with E-state index in [-0.39, 0.29) is 25.4 Å². The Bertz CT molecular complexity index is 726. The second kappa shape index (κ2) is 8.27. The first-order chi connectivity index (χ1) is 13.2. The van der Waals surface area contributed by atoms with Gasteiger partial charge in [0.1, 0.15) is 18.2 Å². The van der Waals surface area contributed by atoms with Gasteiger partial charge in [0, 0.05) is 12.5 Å². The summed E-state index contributed by atoms with van der Waals surface area (Å²) in [6, 6.07) is 7.94. The van der Waals surface area contributed by atoms with Crippen LogP contribution in [0.15, 0.2) is 30.3 Å². The Hall–Kier alpha value is -1.21. The Kier molecular flexibility index (Phi) is 6.35. The van der Waals surface area contributed by atoms with E-state index in [0.29, 0.717) is 12.8 Å². The minimum atomic E-state index is -1.90. The van der Waals surface area contributed by atoms with E-state index >= 15 is 0 Å². The molecule has 2 fully saturated rings. The van der Waals surface area contributed by atoms with Crippen molar-refractivity contribution < 1.29 is 24.2 Å². The van der Waals surface area contributed by atoms with Gasteiger partial charge >= 0.3 is 12.1 Å². The molecule has 0 spiro atoms. The zero-order valence-electron chi connectivity index (χ0n) is 15.3. The smallest absolute Gasteiger partial charge is 0.411 e. The number of carbonyl (C=O) groups is 2. The van der Waals surface area contributed by atoms with Crippen LogP contribution < -0.4 is 0 Å². The van der Waals surface area contributed by atoms with Gasteiger partial charge in [0.05, 0.1) is 7.11 Å².